The Morgan fingerprint density at radius 2 is 1.90 bits per heavy atom. The third-order valence-corrected chi connectivity index (χ3v) is 4.44. The molecule has 1 aliphatic heterocycles. The monoisotopic (exact) mass is 300 g/mol. The molecule has 1 aromatic rings. The van der Waals surface area contributed by atoms with Gasteiger partial charge in [-0.15, -0.1) is 0 Å². The summed E-state index contributed by atoms with van der Waals surface area (Å²) in [5.41, 5.74) is 4.28. The van der Waals surface area contributed by atoms with Crippen LogP contribution in [0.5, 0.6) is 0 Å². The van der Waals surface area contributed by atoms with Crippen molar-refractivity contribution in [1.82, 2.24) is 10.6 Å². The standard InChI is InChI=1S/C17H20N2OS/c1-10(2)11-6-8-12(9-7-11)16-15-13(18-17(21)19-16)4-3-5-14(15)20/h6-10,16H,3-5H2,1-2H3,(H2,18,19,21)/t16-/m0/s1. The van der Waals surface area contributed by atoms with Gasteiger partial charge in [0.15, 0.2) is 10.9 Å². The highest BCUT2D eigenvalue weighted by molar-refractivity contribution is 7.80. The first-order valence-electron chi connectivity index (χ1n) is 7.50. The van der Waals surface area contributed by atoms with Crippen LogP contribution in [-0.4, -0.2) is 10.9 Å². The topological polar surface area (TPSA) is 41.1 Å². The summed E-state index contributed by atoms with van der Waals surface area (Å²) in [6.07, 6.45) is 2.45. The molecule has 4 heteroatoms. The lowest BCUT2D eigenvalue weighted by Gasteiger charge is -2.33. The van der Waals surface area contributed by atoms with Crippen molar-refractivity contribution in [3.8, 4) is 0 Å². The molecular weight excluding hydrogens is 280 g/mol. The molecule has 110 valence electrons. The number of thiocarbonyl (C=S) groups is 1. The van der Waals surface area contributed by atoms with E-state index >= 15 is 0 Å². The number of hydrogen-bond donors (Lipinski definition) is 2. The summed E-state index contributed by atoms with van der Waals surface area (Å²) >= 11 is 5.29. The molecular formula is C17H20N2OS. The number of carbonyl (C=O) groups is 1. The van der Waals surface area contributed by atoms with Gasteiger partial charge in [-0.3, -0.25) is 4.79 Å². The second-order valence-electron chi connectivity index (χ2n) is 6.02. The van der Waals surface area contributed by atoms with E-state index in [1.807, 2.05) is 0 Å². The van der Waals surface area contributed by atoms with E-state index in [2.05, 4.69) is 48.7 Å². The van der Waals surface area contributed by atoms with Crippen molar-refractivity contribution >= 4 is 23.1 Å². The Labute approximate surface area is 130 Å². The fraction of sp³-hybridized carbons (Fsp3) is 0.412. The van der Waals surface area contributed by atoms with E-state index in [0.717, 1.165) is 29.7 Å². The lowest BCUT2D eigenvalue weighted by atomic mass is 9.85. The van der Waals surface area contributed by atoms with E-state index in [-0.39, 0.29) is 11.8 Å². The van der Waals surface area contributed by atoms with Gasteiger partial charge in [-0.25, -0.2) is 0 Å². The smallest absolute Gasteiger partial charge is 0.171 e. The molecule has 2 aliphatic rings. The maximum Gasteiger partial charge on any atom is 0.171 e. The van der Waals surface area contributed by atoms with Gasteiger partial charge >= 0.3 is 0 Å². The van der Waals surface area contributed by atoms with Crippen LogP contribution in [0.15, 0.2) is 35.5 Å². The molecule has 0 unspecified atom stereocenters. The van der Waals surface area contributed by atoms with Crippen LogP contribution in [0.3, 0.4) is 0 Å². The van der Waals surface area contributed by atoms with Crippen LogP contribution < -0.4 is 10.6 Å². The van der Waals surface area contributed by atoms with Crippen molar-refractivity contribution in [2.45, 2.75) is 45.1 Å². The van der Waals surface area contributed by atoms with Crippen LogP contribution in [0.1, 0.15) is 56.2 Å². The zero-order valence-electron chi connectivity index (χ0n) is 12.4. The maximum absolute atomic E-state index is 12.3. The molecule has 0 saturated carbocycles. The van der Waals surface area contributed by atoms with E-state index in [9.17, 15) is 4.79 Å². The van der Waals surface area contributed by atoms with Crippen molar-refractivity contribution in [3.05, 3.63) is 46.7 Å². The summed E-state index contributed by atoms with van der Waals surface area (Å²) in [6, 6.07) is 8.38. The number of Topliss-reactive ketones (excluding diaryl/α,β-unsaturated/α-hetero) is 1. The highest BCUT2D eigenvalue weighted by Gasteiger charge is 2.32. The number of nitrogens with one attached hydrogen (secondary N) is 2. The first-order valence-corrected chi connectivity index (χ1v) is 7.90. The lowest BCUT2D eigenvalue weighted by molar-refractivity contribution is -0.116. The highest BCUT2D eigenvalue weighted by atomic mass is 32.1. The molecule has 0 aromatic heterocycles. The molecule has 1 aromatic carbocycles. The van der Waals surface area contributed by atoms with Crippen LogP contribution in [-0.2, 0) is 4.79 Å². The van der Waals surface area contributed by atoms with E-state index in [1.54, 1.807) is 0 Å². The third-order valence-electron chi connectivity index (χ3n) is 4.22. The third kappa shape index (κ3) is 2.72. The van der Waals surface area contributed by atoms with Crippen molar-refractivity contribution in [1.29, 1.82) is 0 Å². The van der Waals surface area contributed by atoms with E-state index in [4.69, 9.17) is 12.2 Å². The molecule has 0 spiro atoms. The maximum atomic E-state index is 12.3. The predicted octanol–water partition coefficient (Wildman–Crippen LogP) is 3.34. The van der Waals surface area contributed by atoms with Crippen molar-refractivity contribution in [2.75, 3.05) is 0 Å². The number of benzene rings is 1. The minimum absolute atomic E-state index is 0.109. The first kappa shape index (κ1) is 14.3. The Bertz CT molecular complexity index is 616. The number of allylic oxidation sites excluding steroid dienone is 1. The fourth-order valence-corrected chi connectivity index (χ4v) is 3.27. The minimum Gasteiger partial charge on any atom is -0.351 e. The van der Waals surface area contributed by atoms with Crippen LogP contribution in [0.25, 0.3) is 0 Å². The van der Waals surface area contributed by atoms with Gasteiger partial charge < -0.3 is 10.6 Å². The molecule has 0 amide bonds. The van der Waals surface area contributed by atoms with Gasteiger partial charge in [-0.2, -0.15) is 0 Å². The Balaban J connectivity index is 1.99. The normalized spacial score (nSPS) is 22.0. The summed E-state index contributed by atoms with van der Waals surface area (Å²) in [7, 11) is 0. The number of carbonyl (C=O) groups excluding carboxylic acids is 1. The second-order valence-corrected chi connectivity index (χ2v) is 6.43. The van der Waals surface area contributed by atoms with Gasteiger partial charge in [0.05, 0.1) is 6.04 Å². The fourth-order valence-electron chi connectivity index (χ4n) is 3.03. The molecule has 0 fully saturated rings. The van der Waals surface area contributed by atoms with Gasteiger partial charge in [0.2, 0.25) is 0 Å². The summed E-state index contributed by atoms with van der Waals surface area (Å²) in [4.78, 5) is 12.3. The van der Waals surface area contributed by atoms with Crippen molar-refractivity contribution < 1.29 is 4.79 Å². The molecule has 0 radical (unpaired) electrons. The van der Waals surface area contributed by atoms with Crippen LogP contribution in [0, 0.1) is 0 Å². The van der Waals surface area contributed by atoms with E-state index < -0.39 is 0 Å². The summed E-state index contributed by atoms with van der Waals surface area (Å²) < 4.78 is 0. The predicted molar refractivity (Wildman–Crippen MR) is 88.0 cm³/mol. The number of rotatable bonds is 2. The minimum atomic E-state index is -0.109. The first-order chi connectivity index (χ1) is 10.1. The number of hydrogen-bond acceptors (Lipinski definition) is 2. The van der Waals surface area contributed by atoms with Gasteiger partial charge in [0, 0.05) is 17.7 Å². The Morgan fingerprint density at radius 1 is 1.19 bits per heavy atom. The summed E-state index contributed by atoms with van der Waals surface area (Å²) in [5, 5.41) is 7.02. The van der Waals surface area contributed by atoms with E-state index in [1.165, 1.54) is 5.56 Å². The number of ketones is 1. The molecule has 21 heavy (non-hydrogen) atoms. The molecule has 0 saturated heterocycles. The van der Waals surface area contributed by atoms with Crippen LogP contribution >= 0.6 is 12.2 Å². The molecule has 3 nitrogen and oxygen atoms in total. The van der Waals surface area contributed by atoms with Gasteiger partial charge in [0.25, 0.3) is 0 Å². The second kappa shape index (κ2) is 5.60. The zero-order chi connectivity index (χ0) is 15.0. The molecule has 2 N–H and O–H groups in total. The SMILES string of the molecule is CC(C)c1ccc([C@@H]2NC(=S)NC3=C2C(=O)CCC3)cc1. The highest BCUT2D eigenvalue weighted by Crippen LogP contribution is 2.33. The Kier molecular flexibility index (Phi) is 3.81. The summed E-state index contributed by atoms with van der Waals surface area (Å²) in [6.45, 7) is 4.36. The largest absolute Gasteiger partial charge is 0.351 e. The average molecular weight is 300 g/mol. The Hall–Kier alpha value is -1.68. The summed E-state index contributed by atoms with van der Waals surface area (Å²) in [5.74, 6) is 0.740. The van der Waals surface area contributed by atoms with Gasteiger partial charge in [-0.05, 0) is 42.1 Å². The van der Waals surface area contributed by atoms with Crippen molar-refractivity contribution in [2.24, 2.45) is 0 Å². The van der Waals surface area contributed by atoms with Crippen LogP contribution in [0.2, 0.25) is 0 Å². The van der Waals surface area contributed by atoms with Gasteiger partial charge in [-0.1, -0.05) is 38.1 Å². The van der Waals surface area contributed by atoms with Crippen LogP contribution in [0.4, 0.5) is 0 Å². The molecule has 1 aliphatic carbocycles. The molecule has 1 atom stereocenters. The van der Waals surface area contributed by atoms with E-state index in [0.29, 0.717) is 17.5 Å². The Morgan fingerprint density at radius 3 is 2.57 bits per heavy atom. The lowest BCUT2D eigenvalue weighted by Crippen LogP contribution is -2.46. The van der Waals surface area contributed by atoms with Gasteiger partial charge in [0.1, 0.15) is 0 Å². The zero-order valence-corrected chi connectivity index (χ0v) is 13.2. The molecule has 3 rings (SSSR count). The molecule has 1 heterocycles. The average Bonchev–Trinajstić information content (AvgIpc) is 2.46. The molecule has 0 bridgehead atoms. The van der Waals surface area contributed by atoms with Crippen molar-refractivity contribution in [3.63, 3.8) is 0 Å². The quantitative estimate of drug-likeness (QED) is 0.822.